The summed E-state index contributed by atoms with van der Waals surface area (Å²) in [5.74, 6) is 2.96. The first kappa shape index (κ1) is 19.9. The van der Waals surface area contributed by atoms with E-state index in [9.17, 15) is 4.79 Å². The third-order valence-corrected chi connectivity index (χ3v) is 7.91. The van der Waals surface area contributed by atoms with Gasteiger partial charge in [0.15, 0.2) is 0 Å². The standard InChI is InChI=1S/C22H24N4OS2/c1-25(2)19-9-3-16(4-10-19)15-26-20(11-12-23-26)24-21(27)17-5-7-18(8-6-17)22-28-13-14-29-22/h3-12,22H,13-15H2,1-2H3,(H,24,27). The van der Waals surface area contributed by atoms with E-state index in [4.69, 9.17) is 0 Å². The Morgan fingerprint density at radius 2 is 1.76 bits per heavy atom. The number of aromatic nitrogens is 2. The van der Waals surface area contributed by atoms with Gasteiger partial charge in [0.2, 0.25) is 0 Å². The van der Waals surface area contributed by atoms with Crippen molar-refractivity contribution >= 4 is 40.9 Å². The van der Waals surface area contributed by atoms with Crippen LogP contribution in [-0.2, 0) is 6.54 Å². The molecule has 1 aliphatic rings. The van der Waals surface area contributed by atoms with Crippen LogP contribution in [0.2, 0.25) is 0 Å². The van der Waals surface area contributed by atoms with Crippen LogP contribution in [0.3, 0.4) is 0 Å². The lowest BCUT2D eigenvalue weighted by Crippen LogP contribution is -2.16. The first-order valence-corrected chi connectivity index (χ1v) is 11.6. The summed E-state index contributed by atoms with van der Waals surface area (Å²) >= 11 is 3.93. The van der Waals surface area contributed by atoms with Crippen molar-refractivity contribution in [3.8, 4) is 0 Å². The summed E-state index contributed by atoms with van der Waals surface area (Å²) in [6.07, 6.45) is 1.71. The molecule has 4 rings (SSSR count). The van der Waals surface area contributed by atoms with E-state index in [1.165, 1.54) is 17.1 Å². The van der Waals surface area contributed by atoms with E-state index < -0.39 is 0 Å². The van der Waals surface area contributed by atoms with Gasteiger partial charge in [0, 0.05) is 42.9 Å². The van der Waals surface area contributed by atoms with E-state index in [2.05, 4.69) is 51.7 Å². The molecule has 1 aromatic heterocycles. The molecule has 2 aromatic carbocycles. The monoisotopic (exact) mass is 424 g/mol. The summed E-state index contributed by atoms with van der Waals surface area (Å²) in [5.41, 5.74) is 4.22. The average molecular weight is 425 g/mol. The van der Waals surface area contributed by atoms with Gasteiger partial charge in [0.25, 0.3) is 5.91 Å². The molecule has 1 saturated heterocycles. The zero-order chi connectivity index (χ0) is 20.2. The predicted molar refractivity (Wildman–Crippen MR) is 124 cm³/mol. The van der Waals surface area contributed by atoms with E-state index >= 15 is 0 Å². The van der Waals surface area contributed by atoms with Crippen LogP contribution in [0.15, 0.2) is 60.8 Å². The lowest BCUT2D eigenvalue weighted by molar-refractivity contribution is 0.102. The SMILES string of the molecule is CN(C)c1ccc(Cn2nccc2NC(=O)c2ccc(C3SCCS3)cc2)cc1. The molecule has 5 nitrogen and oxygen atoms in total. The molecular weight excluding hydrogens is 400 g/mol. The highest BCUT2D eigenvalue weighted by Gasteiger charge is 2.18. The van der Waals surface area contributed by atoms with E-state index in [-0.39, 0.29) is 5.91 Å². The van der Waals surface area contributed by atoms with Crippen LogP contribution in [-0.4, -0.2) is 41.3 Å². The highest BCUT2D eigenvalue weighted by molar-refractivity contribution is 8.19. The molecule has 150 valence electrons. The fourth-order valence-electron chi connectivity index (χ4n) is 3.17. The van der Waals surface area contributed by atoms with Crippen LogP contribution < -0.4 is 10.2 Å². The van der Waals surface area contributed by atoms with Gasteiger partial charge < -0.3 is 10.2 Å². The molecule has 0 saturated carbocycles. The van der Waals surface area contributed by atoms with Gasteiger partial charge in [-0.1, -0.05) is 24.3 Å². The molecule has 0 aliphatic carbocycles. The lowest BCUT2D eigenvalue weighted by atomic mass is 10.1. The number of benzene rings is 2. The molecule has 0 bridgehead atoms. The summed E-state index contributed by atoms with van der Waals surface area (Å²) in [5, 5.41) is 7.36. The topological polar surface area (TPSA) is 50.2 Å². The Bertz CT molecular complexity index is 961. The number of rotatable bonds is 6. The number of carbonyl (C=O) groups excluding carboxylic acids is 1. The van der Waals surface area contributed by atoms with Crippen molar-refractivity contribution in [2.75, 3.05) is 35.8 Å². The quantitative estimate of drug-likeness (QED) is 0.620. The Labute approximate surface area is 179 Å². The molecule has 29 heavy (non-hydrogen) atoms. The Balaban J connectivity index is 1.42. The molecule has 7 heteroatoms. The second-order valence-corrected chi connectivity index (χ2v) is 9.81. The van der Waals surface area contributed by atoms with E-state index in [0.717, 1.165) is 11.3 Å². The van der Waals surface area contributed by atoms with Gasteiger partial charge in [-0.25, -0.2) is 4.68 Å². The van der Waals surface area contributed by atoms with Gasteiger partial charge in [-0.05, 0) is 35.4 Å². The van der Waals surface area contributed by atoms with Crippen LogP contribution >= 0.6 is 23.5 Å². The summed E-state index contributed by atoms with van der Waals surface area (Å²) in [6, 6.07) is 18.1. The predicted octanol–water partition coefficient (Wildman–Crippen LogP) is 4.73. The van der Waals surface area contributed by atoms with Crippen LogP contribution in [0.1, 0.15) is 26.1 Å². The number of nitrogens with zero attached hydrogens (tertiary/aromatic N) is 3. The molecule has 0 atom stereocenters. The number of amides is 1. The number of carbonyl (C=O) groups is 1. The number of hydrogen-bond donors (Lipinski definition) is 1. The minimum absolute atomic E-state index is 0.118. The number of anilines is 2. The van der Waals surface area contributed by atoms with Crippen molar-refractivity contribution < 1.29 is 4.79 Å². The summed E-state index contributed by atoms with van der Waals surface area (Å²) in [7, 11) is 4.04. The fraction of sp³-hybridized carbons (Fsp3) is 0.273. The molecule has 3 aromatic rings. The van der Waals surface area contributed by atoms with Gasteiger partial charge >= 0.3 is 0 Å². The normalized spacial score (nSPS) is 14.1. The van der Waals surface area contributed by atoms with Crippen molar-refractivity contribution in [1.82, 2.24) is 9.78 Å². The third kappa shape index (κ3) is 4.79. The first-order chi connectivity index (χ1) is 14.1. The molecule has 1 amide bonds. The summed E-state index contributed by atoms with van der Waals surface area (Å²) in [6.45, 7) is 0.603. The molecule has 1 aliphatic heterocycles. The molecular formula is C22H24N4OS2. The Hall–Kier alpha value is -2.38. The van der Waals surface area contributed by atoms with Gasteiger partial charge in [0.05, 0.1) is 17.3 Å². The number of nitrogens with one attached hydrogen (secondary N) is 1. The van der Waals surface area contributed by atoms with Crippen molar-refractivity contribution in [2.45, 2.75) is 11.1 Å². The van der Waals surface area contributed by atoms with Crippen molar-refractivity contribution in [3.63, 3.8) is 0 Å². The second kappa shape index (κ2) is 8.97. The summed E-state index contributed by atoms with van der Waals surface area (Å²) in [4.78, 5) is 14.8. The van der Waals surface area contributed by atoms with Crippen molar-refractivity contribution in [3.05, 3.63) is 77.5 Å². The number of thioether (sulfide) groups is 2. The minimum Gasteiger partial charge on any atom is -0.378 e. The maximum atomic E-state index is 12.7. The lowest BCUT2D eigenvalue weighted by Gasteiger charge is -2.13. The zero-order valence-electron chi connectivity index (χ0n) is 16.5. The maximum absolute atomic E-state index is 12.7. The van der Waals surface area contributed by atoms with Crippen molar-refractivity contribution in [2.24, 2.45) is 0 Å². The second-order valence-electron chi connectivity index (χ2n) is 7.08. The zero-order valence-corrected chi connectivity index (χ0v) is 18.2. The Morgan fingerprint density at radius 3 is 2.41 bits per heavy atom. The molecule has 2 heterocycles. The van der Waals surface area contributed by atoms with E-state index in [1.54, 1.807) is 6.20 Å². The van der Waals surface area contributed by atoms with Gasteiger partial charge in [-0.3, -0.25) is 4.79 Å². The summed E-state index contributed by atoms with van der Waals surface area (Å²) < 4.78 is 2.30. The van der Waals surface area contributed by atoms with Crippen LogP contribution in [0.4, 0.5) is 11.5 Å². The number of hydrogen-bond acceptors (Lipinski definition) is 5. The van der Waals surface area contributed by atoms with E-state index in [0.29, 0.717) is 22.5 Å². The average Bonchev–Trinajstić information content (AvgIpc) is 3.41. The first-order valence-electron chi connectivity index (χ1n) is 9.53. The van der Waals surface area contributed by atoms with Gasteiger partial charge in [-0.2, -0.15) is 5.10 Å². The maximum Gasteiger partial charge on any atom is 0.256 e. The van der Waals surface area contributed by atoms with Crippen LogP contribution in [0, 0.1) is 0 Å². The largest absolute Gasteiger partial charge is 0.378 e. The molecule has 0 radical (unpaired) electrons. The minimum atomic E-state index is -0.118. The van der Waals surface area contributed by atoms with Gasteiger partial charge in [0.1, 0.15) is 5.82 Å². The van der Waals surface area contributed by atoms with Crippen LogP contribution in [0.5, 0.6) is 0 Å². The van der Waals surface area contributed by atoms with Crippen LogP contribution in [0.25, 0.3) is 0 Å². The van der Waals surface area contributed by atoms with E-state index in [1.807, 2.05) is 60.5 Å². The highest BCUT2D eigenvalue weighted by atomic mass is 32.2. The Morgan fingerprint density at radius 1 is 1.07 bits per heavy atom. The smallest absolute Gasteiger partial charge is 0.256 e. The van der Waals surface area contributed by atoms with Crippen molar-refractivity contribution in [1.29, 1.82) is 0 Å². The molecule has 1 fully saturated rings. The molecule has 0 unspecified atom stereocenters. The van der Waals surface area contributed by atoms with Gasteiger partial charge in [-0.15, -0.1) is 23.5 Å². The molecule has 1 N–H and O–H groups in total. The Kier molecular flexibility index (Phi) is 6.16. The highest BCUT2D eigenvalue weighted by Crippen LogP contribution is 2.45. The fourth-order valence-corrected chi connectivity index (χ4v) is 6.03. The third-order valence-electron chi connectivity index (χ3n) is 4.81. The molecule has 0 spiro atoms.